The van der Waals surface area contributed by atoms with Gasteiger partial charge in [0.15, 0.2) is 8.32 Å². The van der Waals surface area contributed by atoms with E-state index in [0.717, 1.165) is 5.56 Å². The van der Waals surface area contributed by atoms with E-state index >= 15 is 0 Å². The number of nitrogens with one attached hydrogen (secondary N) is 1. The summed E-state index contributed by atoms with van der Waals surface area (Å²) < 4.78 is 90.7. The highest BCUT2D eigenvalue weighted by molar-refractivity contribution is 6.73. The summed E-state index contributed by atoms with van der Waals surface area (Å²) in [7, 11) is -3.19. The van der Waals surface area contributed by atoms with E-state index in [9.17, 15) is 26.3 Å². The van der Waals surface area contributed by atoms with Crippen LogP contribution in [-0.4, -0.2) is 32.3 Å². The van der Waals surface area contributed by atoms with Crippen LogP contribution in [0.5, 0.6) is 0 Å². The van der Waals surface area contributed by atoms with E-state index in [-0.39, 0.29) is 49.9 Å². The van der Waals surface area contributed by atoms with Crippen LogP contribution < -0.4 is 5.32 Å². The Morgan fingerprint density at radius 1 is 0.839 bits per heavy atom. The number of hydrogen-bond donors (Lipinski definition) is 1. The summed E-state index contributed by atoms with van der Waals surface area (Å²) >= 11 is 0. The molecule has 0 unspecified atom stereocenters. The number of alkyl halides is 6. The molecule has 0 aromatic heterocycles. The fourth-order valence-corrected chi connectivity index (χ4v) is 7.71. The van der Waals surface area contributed by atoms with Gasteiger partial charge in [-0.15, -0.1) is 0 Å². The maximum atomic E-state index is 14.2. The van der Waals surface area contributed by atoms with Crippen LogP contribution in [0.15, 0.2) is 30.3 Å². The lowest BCUT2D eigenvalue weighted by Crippen LogP contribution is -2.68. The molecule has 1 aliphatic rings. The minimum absolute atomic E-state index is 0.110. The largest absolute Gasteiger partial charge is 0.425 e. The summed E-state index contributed by atoms with van der Waals surface area (Å²) in [4.78, 5) is 0. The van der Waals surface area contributed by atoms with Crippen molar-refractivity contribution in [3.8, 4) is 0 Å². The Balaban J connectivity index is 2.23. The summed E-state index contributed by atoms with van der Waals surface area (Å²) in [5.74, 6) is -1.63. The van der Waals surface area contributed by atoms with Gasteiger partial charge >= 0.3 is 12.4 Å². The van der Waals surface area contributed by atoms with Crippen molar-refractivity contribution in [1.82, 2.24) is 5.32 Å². The molecule has 0 radical (unpaired) electrons. The number of halogens is 6. The monoisotopic (exact) mass is 469 g/mol. The molecule has 0 atom stereocenters. The van der Waals surface area contributed by atoms with Crippen molar-refractivity contribution in [3.63, 3.8) is 0 Å². The smallest absolute Gasteiger partial charge is 0.396 e. The molecule has 0 aliphatic heterocycles. The lowest BCUT2D eigenvalue weighted by Gasteiger charge is -2.49. The highest BCUT2D eigenvalue weighted by Gasteiger charge is 2.76. The molecule has 1 N–H and O–H groups in total. The van der Waals surface area contributed by atoms with Crippen LogP contribution in [0, 0.1) is 5.92 Å². The first kappa shape index (κ1) is 26.2. The molecular formula is C22H33F6NOSi. The van der Waals surface area contributed by atoms with Crippen molar-refractivity contribution in [2.45, 2.75) is 95.1 Å². The number of benzene rings is 1. The Morgan fingerprint density at radius 3 is 1.74 bits per heavy atom. The molecule has 1 aliphatic carbocycles. The minimum Gasteiger partial charge on any atom is -0.396 e. The third kappa shape index (κ3) is 5.65. The van der Waals surface area contributed by atoms with E-state index < -0.39 is 32.2 Å². The van der Waals surface area contributed by atoms with Gasteiger partial charge in [0.25, 0.3) is 5.60 Å². The molecule has 1 aromatic rings. The third-order valence-corrected chi connectivity index (χ3v) is 11.5. The topological polar surface area (TPSA) is 21.3 Å². The maximum absolute atomic E-state index is 14.2. The van der Waals surface area contributed by atoms with E-state index in [4.69, 9.17) is 4.43 Å². The predicted molar refractivity (Wildman–Crippen MR) is 112 cm³/mol. The maximum Gasteiger partial charge on any atom is 0.425 e. The van der Waals surface area contributed by atoms with Gasteiger partial charge in [-0.05, 0) is 49.4 Å². The van der Waals surface area contributed by atoms with Crippen molar-refractivity contribution < 1.29 is 30.8 Å². The quantitative estimate of drug-likeness (QED) is 0.305. The molecule has 0 saturated heterocycles. The van der Waals surface area contributed by atoms with Gasteiger partial charge in [0, 0.05) is 18.5 Å². The van der Waals surface area contributed by atoms with Crippen LogP contribution in [0.25, 0.3) is 0 Å². The van der Waals surface area contributed by atoms with Crippen LogP contribution in [0.4, 0.5) is 26.3 Å². The first-order chi connectivity index (χ1) is 14.4. The second-order valence-electron chi connectivity index (χ2n) is 8.49. The lowest BCUT2D eigenvalue weighted by atomic mass is 9.74. The summed E-state index contributed by atoms with van der Waals surface area (Å²) in [5.41, 5.74) is -3.06. The molecule has 0 spiro atoms. The van der Waals surface area contributed by atoms with Gasteiger partial charge in [-0.3, -0.25) is 0 Å². The van der Waals surface area contributed by atoms with Crippen molar-refractivity contribution in [2.75, 3.05) is 0 Å². The molecule has 0 amide bonds. The Labute approximate surface area is 181 Å². The van der Waals surface area contributed by atoms with Crippen LogP contribution in [0.3, 0.4) is 0 Å². The van der Waals surface area contributed by atoms with E-state index in [0.29, 0.717) is 6.54 Å². The zero-order chi connectivity index (χ0) is 23.3. The summed E-state index contributed by atoms with van der Waals surface area (Å²) in [6, 6.07) is 10.1. The van der Waals surface area contributed by atoms with Gasteiger partial charge < -0.3 is 9.74 Å². The molecule has 2 nitrogen and oxygen atoms in total. The van der Waals surface area contributed by atoms with Gasteiger partial charge in [0.1, 0.15) is 0 Å². The third-order valence-electron chi connectivity index (χ3n) is 6.89. The van der Waals surface area contributed by atoms with Gasteiger partial charge in [-0.25, -0.2) is 0 Å². The fraction of sp³-hybridized carbons (Fsp3) is 0.727. The number of rotatable bonds is 9. The van der Waals surface area contributed by atoms with Crippen LogP contribution >= 0.6 is 0 Å². The van der Waals surface area contributed by atoms with Gasteiger partial charge in [0.2, 0.25) is 0 Å². The average molecular weight is 470 g/mol. The first-order valence-electron chi connectivity index (χ1n) is 11.1. The van der Waals surface area contributed by atoms with Crippen molar-refractivity contribution in [1.29, 1.82) is 0 Å². The summed E-state index contributed by atoms with van der Waals surface area (Å²) in [6.07, 6.45) is -10.9. The van der Waals surface area contributed by atoms with Gasteiger partial charge in [-0.2, -0.15) is 26.3 Å². The van der Waals surface area contributed by atoms with Gasteiger partial charge in [0.05, 0.1) is 0 Å². The molecule has 9 heteroatoms. The zero-order valence-electron chi connectivity index (χ0n) is 18.4. The molecular weight excluding hydrogens is 436 g/mol. The highest BCUT2D eigenvalue weighted by atomic mass is 28.4. The molecule has 2 rings (SSSR count). The molecule has 0 heterocycles. The van der Waals surface area contributed by atoms with Crippen LogP contribution in [0.1, 0.15) is 52.0 Å². The molecule has 0 bridgehead atoms. The number of hydrogen-bond acceptors (Lipinski definition) is 2. The fourth-order valence-electron chi connectivity index (χ4n) is 4.69. The first-order valence-corrected chi connectivity index (χ1v) is 13.6. The van der Waals surface area contributed by atoms with E-state index in [1.807, 2.05) is 30.3 Å². The Morgan fingerprint density at radius 2 is 1.32 bits per heavy atom. The zero-order valence-corrected chi connectivity index (χ0v) is 19.4. The molecule has 31 heavy (non-hydrogen) atoms. The standard InChI is InChI=1S/C22H33F6NOSi/c1-4-31(5-2,6-3)30-20(21(23,24)25,22(26,27)28)18-12-14-19(15-13-18)29-16-17-10-8-7-9-11-17/h7-11,18-19,29H,4-6,12-16H2,1-3H3/t18-,19-. The van der Waals surface area contributed by atoms with Crippen molar-refractivity contribution >= 4 is 8.32 Å². The molecule has 1 aromatic carbocycles. The summed E-state index contributed by atoms with van der Waals surface area (Å²) in [6.45, 7) is 5.46. The SMILES string of the molecule is CC[Si](CC)(CC)OC([C@H]1CC[C@H](NCc2ccccc2)CC1)(C(F)(F)F)C(F)(F)F. The van der Waals surface area contributed by atoms with E-state index in [1.165, 1.54) is 0 Å². The summed E-state index contributed by atoms with van der Waals surface area (Å²) in [5, 5.41) is 3.27. The molecule has 1 saturated carbocycles. The second-order valence-corrected chi connectivity index (χ2v) is 13.2. The average Bonchev–Trinajstić information content (AvgIpc) is 2.73. The Bertz CT molecular complexity index is 645. The van der Waals surface area contributed by atoms with Crippen molar-refractivity contribution in [3.05, 3.63) is 35.9 Å². The lowest BCUT2D eigenvalue weighted by molar-refractivity contribution is -0.380. The van der Waals surface area contributed by atoms with E-state index in [2.05, 4.69) is 5.32 Å². The van der Waals surface area contributed by atoms with Crippen LogP contribution in [-0.2, 0) is 11.0 Å². The predicted octanol–water partition coefficient (Wildman–Crippen LogP) is 7.22. The molecule has 1 fully saturated rings. The minimum atomic E-state index is -5.52. The van der Waals surface area contributed by atoms with Gasteiger partial charge in [-0.1, -0.05) is 51.1 Å². The highest BCUT2D eigenvalue weighted by Crippen LogP contribution is 2.56. The Hall–Kier alpha value is -1.06. The van der Waals surface area contributed by atoms with Crippen molar-refractivity contribution in [2.24, 2.45) is 5.92 Å². The van der Waals surface area contributed by atoms with E-state index in [1.54, 1.807) is 20.8 Å². The Kier molecular flexibility index (Phi) is 8.66. The second kappa shape index (κ2) is 10.3. The molecule has 178 valence electrons. The normalized spacial score (nSPS) is 21.3. The van der Waals surface area contributed by atoms with Crippen LogP contribution in [0.2, 0.25) is 18.1 Å².